The first-order valence-corrected chi connectivity index (χ1v) is 6.24. The molecule has 3 nitrogen and oxygen atoms in total. The minimum Gasteiger partial charge on any atom is -0.399 e. The number of imidazole rings is 1. The predicted molar refractivity (Wildman–Crippen MR) is 73.6 cm³/mol. The van der Waals surface area contributed by atoms with E-state index in [9.17, 15) is 8.78 Å². The molecule has 96 valence electrons. The summed E-state index contributed by atoms with van der Waals surface area (Å²) in [6.07, 6.45) is 0. The minimum atomic E-state index is -0.682. The van der Waals surface area contributed by atoms with Crippen LogP contribution < -0.4 is 5.73 Å². The molecule has 0 saturated carbocycles. The average molecular weight is 324 g/mol. The Hall–Kier alpha value is -1.95. The van der Waals surface area contributed by atoms with Crippen LogP contribution in [-0.4, -0.2) is 9.97 Å². The Balaban J connectivity index is 2.24. The molecule has 3 N–H and O–H groups in total. The van der Waals surface area contributed by atoms with Gasteiger partial charge in [0.1, 0.15) is 17.5 Å². The number of anilines is 1. The Bertz CT molecular complexity index is 760. The van der Waals surface area contributed by atoms with Crippen molar-refractivity contribution in [2.24, 2.45) is 0 Å². The molecule has 0 atom stereocenters. The van der Waals surface area contributed by atoms with E-state index in [1.165, 1.54) is 12.1 Å². The molecule has 0 aliphatic rings. The molecule has 2 aromatic carbocycles. The highest BCUT2D eigenvalue weighted by molar-refractivity contribution is 9.10. The first kappa shape index (κ1) is 12.1. The first-order chi connectivity index (χ1) is 9.04. The lowest BCUT2D eigenvalue weighted by Gasteiger charge is -2.02. The van der Waals surface area contributed by atoms with Crippen molar-refractivity contribution < 1.29 is 8.78 Å². The molecule has 0 bridgehead atoms. The number of aromatic nitrogens is 2. The maximum atomic E-state index is 13.9. The summed E-state index contributed by atoms with van der Waals surface area (Å²) in [6, 6.07) is 7.43. The quantitative estimate of drug-likeness (QED) is 0.668. The number of halogens is 3. The van der Waals surface area contributed by atoms with Crippen LogP contribution in [-0.2, 0) is 0 Å². The molecule has 19 heavy (non-hydrogen) atoms. The zero-order chi connectivity index (χ0) is 13.6. The van der Waals surface area contributed by atoms with Gasteiger partial charge >= 0.3 is 0 Å². The van der Waals surface area contributed by atoms with Gasteiger partial charge in [-0.2, -0.15) is 0 Å². The van der Waals surface area contributed by atoms with Crippen molar-refractivity contribution in [2.75, 3.05) is 5.73 Å². The average Bonchev–Trinajstić information content (AvgIpc) is 2.69. The number of nitrogen functional groups attached to an aromatic ring is 1. The Morgan fingerprint density at radius 2 is 1.79 bits per heavy atom. The van der Waals surface area contributed by atoms with E-state index >= 15 is 0 Å². The first-order valence-electron chi connectivity index (χ1n) is 5.45. The van der Waals surface area contributed by atoms with E-state index < -0.39 is 11.6 Å². The van der Waals surface area contributed by atoms with Gasteiger partial charge in [-0.3, -0.25) is 0 Å². The molecule has 0 aliphatic heterocycles. The molecule has 3 rings (SSSR count). The maximum Gasteiger partial charge on any atom is 0.144 e. The number of aromatic amines is 1. The number of fused-ring (bicyclic) bond motifs is 1. The molecule has 0 saturated heterocycles. The van der Waals surface area contributed by atoms with Crippen LogP contribution in [0.5, 0.6) is 0 Å². The number of hydrogen-bond acceptors (Lipinski definition) is 2. The van der Waals surface area contributed by atoms with E-state index in [2.05, 4.69) is 25.9 Å². The molecule has 6 heteroatoms. The summed E-state index contributed by atoms with van der Waals surface area (Å²) in [7, 11) is 0. The van der Waals surface area contributed by atoms with Crippen molar-refractivity contribution >= 4 is 32.7 Å². The fraction of sp³-hybridized carbons (Fsp3) is 0. The van der Waals surface area contributed by atoms with Crippen LogP contribution in [0, 0.1) is 11.6 Å². The number of H-pyrrole nitrogens is 1. The van der Waals surface area contributed by atoms with Crippen molar-refractivity contribution in [2.45, 2.75) is 0 Å². The summed E-state index contributed by atoms with van der Waals surface area (Å²) in [5.41, 5.74) is 7.26. The second-order valence-electron chi connectivity index (χ2n) is 4.11. The summed E-state index contributed by atoms with van der Waals surface area (Å²) < 4.78 is 28.0. The van der Waals surface area contributed by atoms with Crippen molar-refractivity contribution in [3.8, 4) is 11.4 Å². The van der Waals surface area contributed by atoms with E-state index in [0.717, 1.165) is 0 Å². The van der Waals surface area contributed by atoms with Crippen LogP contribution in [0.1, 0.15) is 0 Å². The second-order valence-corrected chi connectivity index (χ2v) is 5.02. The second kappa shape index (κ2) is 4.31. The zero-order valence-electron chi connectivity index (χ0n) is 9.55. The fourth-order valence-corrected chi connectivity index (χ4v) is 2.32. The number of rotatable bonds is 1. The molecule has 3 aromatic rings. The highest BCUT2D eigenvalue weighted by atomic mass is 79.9. The highest BCUT2D eigenvalue weighted by Crippen LogP contribution is 2.29. The normalized spacial score (nSPS) is 11.1. The Kier molecular flexibility index (Phi) is 2.74. The van der Waals surface area contributed by atoms with Crippen LogP contribution in [0.3, 0.4) is 0 Å². The lowest BCUT2D eigenvalue weighted by Crippen LogP contribution is -1.92. The molecule has 1 aromatic heterocycles. The topological polar surface area (TPSA) is 54.7 Å². The van der Waals surface area contributed by atoms with Gasteiger partial charge in [0.05, 0.1) is 16.6 Å². The van der Waals surface area contributed by atoms with Crippen LogP contribution >= 0.6 is 15.9 Å². The summed E-state index contributed by atoms with van der Waals surface area (Å²) >= 11 is 3.04. The van der Waals surface area contributed by atoms with Gasteiger partial charge in [0.25, 0.3) is 0 Å². The van der Waals surface area contributed by atoms with Gasteiger partial charge in [-0.05, 0) is 30.3 Å². The lowest BCUT2D eigenvalue weighted by atomic mass is 10.2. The van der Waals surface area contributed by atoms with Crippen molar-refractivity contribution in [3.05, 3.63) is 46.4 Å². The van der Waals surface area contributed by atoms with E-state index in [1.54, 1.807) is 18.2 Å². The Morgan fingerprint density at radius 3 is 2.47 bits per heavy atom. The van der Waals surface area contributed by atoms with Gasteiger partial charge in [-0.25, -0.2) is 13.8 Å². The fourth-order valence-electron chi connectivity index (χ4n) is 1.91. The number of nitrogens with two attached hydrogens (primary N) is 1. The predicted octanol–water partition coefficient (Wildman–Crippen LogP) is 3.85. The van der Waals surface area contributed by atoms with Crippen molar-refractivity contribution in [1.29, 1.82) is 0 Å². The van der Waals surface area contributed by atoms with Crippen LogP contribution in [0.25, 0.3) is 22.4 Å². The summed E-state index contributed by atoms with van der Waals surface area (Å²) in [4.78, 5) is 7.04. The van der Waals surface area contributed by atoms with E-state index in [1.807, 2.05) is 0 Å². The summed E-state index contributed by atoms with van der Waals surface area (Å²) in [5.74, 6) is -1.22. The largest absolute Gasteiger partial charge is 0.399 e. The number of benzene rings is 2. The molecule has 1 heterocycles. The smallest absolute Gasteiger partial charge is 0.144 e. The number of hydrogen-bond donors (Lipinski definition) is 2. The number of nitrogens with zero attached hydrogens (tertiary/aromatic N) is 1. The van der Waals surface area contributed by atoms with Crippen LogP contribution in [0.2, 0.25) is 0 Å². The van der Waals surface area contributed by atoms with Gasteiger partial charge in [0, 0.05) is 10.2 Å². The highest BCUT2D eigenvalue weighted by Gasteiger charge is 2.16. The molecular weight excluding hydrogens is 316 g/mol. The third kappa shape index (κ3) is 2.08. The van der Waals surface area contributed by atoms with Crippen LogP contribution in [0.4, 0.5) is 14.5 Å². The van der Waals surface area contributed by atoms with E-state index in [0.29, 0.717) is 21.2 Å². The molecule has 0 radical (unpaired) electrons. The van der Waals surface area contributed by atoms with Gasteiger partial charge in [-0.1, -0.05) is 15.9 Å². The summed E-state index contributed by atoms with van der Waals surface area (Å²) in [6.45, 7) is 0. The standard InChI is InChI=1S/C13H8BrF2N3/c14-6-3-8(15)12(9(16)4-6)13-18-10-2-1-7(17)5-11(10)19-13/h1-5H,17H2,(H,18,19). The zero-order valence-corrected chi connectivity index (χ0v) is 11.1. The summed E-state index contributed by atoms with van der Waals surface area (Å²) in [5, 5.41) is 0. The van der Waals surface area contributed by atoms with Gasteiger partial charge in [0.2, 0.25) is 0 Å². The molecule has 0 spiro atoms. The van der Waals surface area contributed by atoms with Gasteiger partial charge in [-0.15, -0.1) is 0 Å². The Labute approximate surface area is 115 Å². The molecule has 0 fully saturated rings. The minimum absolute atomic E-state index is 0.142. The molecular formula is C13H8BrF2N3. The van der Waals surface area contributed by atoms with Crippen molar-refractivity contribution in [3.63, 3.8) is 0 Å². The molecule has 0 unspecified atom stereocenters. The Morgan fingerprint density at radius 1 is 1.11 bits per heavy atom. The third-order valence-electron chi connectivity index (χ3n) is 2.75. The van der Waals surface area contributed by atoms with Gasteiger partial charge in [0.15, 0.2) is 0 Å². The number of nitrogens with one attached hydrogen (secondary N) is 1. The third-order valence-corrected chi connectivity index (χ3v) is 3.21. The molecule has 0 amide bonds. The van der Waals surface area contributed by atoms with E-state index in [4.69, 9.17) is 5.73 Å². The van der Waals surface area contributed by atoms with Crippen molar-refractivity contribution in [1.82, 2.24) is 9.97 Å². The van der Waals surface area contributed by atoms with E-state index in [-0.39, 0.29) is 11.4 Å². The lowest BCUT2D eigenvalue weighted by molar-refractivity contribution is 0.586. The van der Waals surface area contributed by atoms with Gasteiger partial charge < -0.3 is 10.7 Å². The SMILES string of the molecule is Nc1ccc2nc(-c3c(F)cc(Br)cc3F)[nH]c2c1. The van der Waals surface area contributed by atoms with Crippen LogP contribution in [0.15, 0.2) is 34.8 Å². The molecule has 0 aliphatic carbocycles. The maximum absolute atomic E-state index is 13.9. The monoisotopic (exact) mass is 323 g/mol.